The van der Waals surface area contributed by atoms with Gasteiger partial charge in [0.05, 0.1) is 5.57 Å². The predicted molar refractivity (Wildman–Crippen MR) is 75.2 cm³/mol. The third-order valence-corrected chi connectivity index (χ3v) is 5.53. The van der Waals surface area contributed by atoms with Crippen molar-refractivity contribution in [1.29, 1.82) is 0 Å². The Morgan fingerprint density at radius 2 is 1.80 bits per heavy atom. The van der Waals surface area contributed by atoms with Gasteiger partial charge in [0.25, 0.3) is 0 Å². The molecule has 0 aromatic heterocycles. The minimum absolute atomic E-state index is 0.00880. The summed E-state index contributed by atoms with van der Waals surface area (Å²) in [5, 5.41) is 20.3. The minimum atomic E-state index is -0.00880. The first-order valence-corrected chi connectivity index (χ1v) is 7.35. The Kier molecular flexibility index (Phi) is 2.33. The third-order valence-electron chi connectivity index (χ3n) is 5.53. The molecule has 2 fully saturated rings. The summed E-state index contributed by atoms with van der Waals surface area (Å²) in [5.41, 5.74) is 2.08. The number of carbonyl (C=O) groups excluding carboxylic acids is 1. The molecule has 0 amide bonds. The molecule has 0 spiro atoms. The van der Waals surface area contributed by atoms with Gasteiger partial charge in [0.15, 0.2) is 5.78 Å². The summed E-state index contributed by atoms with van der Waals surface area (Å²) in [6, 6.07) is 5.00. The third kappa shape index (κ3) is 1.38. The molecule has 2 saturated carbocycles. The highest BCUT2D eigenvalue weighted by atomic mass is 16.3. The first-order chi connectivity index (χ1) is 9.58. The normalized spacial score (nSPS) is 35.0. The standard InChI is InChI=1S/C17H18O3/c1-8-2-5-11(18)7-12(8)15-16(19)13-9-3-4-10(6-9)14(13)17(15)20/h2,5,7,9-10,13-14,18-19H,3-4,6H2,1H3. The van der Waals surface area contributed by atoms with Crippen molar-refractivity contribution in [2.45, 2.75) is 26.2 Å². The summed E-state index contributed by atoms with van der Waals surface area (Å²) in [5.74, 6) is 1.47. The van der Waals surface area contributed by atoms with Crippen molar-refractivity contribution in [2.75, 3.05) is 0 Å². The molecule has 4 rings (SSSR count). The van der Waals surface area contributed by atoms with E-state index in [1.807, 2.05) is 6.92 Å². The topological polar surface area (TPSA) is 57.5 Å². The predicted octanol–water partition coefficient (Wildman–Crippen LogP) is 3.21. The first kappa shape index (κ1) is 12.0. The van der Waals surface area contributed by atoms with Gasteiger partial charge in [0, 0.05) is 11.8 Å². The Hall–Kier alpha value is -1.77. The van der Waals surface area contributed by atoms with E-state index in [1.165, 1.54) is 0 Å². The summed E-state index contributed by atoms with van der Waals surface area (Å²) in [6.45, 7) is 1.91. The largest absolute Gasteiger partial charge is 0.511 e. The number of aromatic hydroxyl groups is 1. The summed E-state index contributed by atoms with van der Waals surface area (Å²) in [4.78, 5) is 12.8. The average Bonchev–Trinajstić information content (AvgIpc) is 3.08. The van der Waals surface area contributed by atoms with Crippen molar-refractivity contribution in [3.8, 4) is 5.75 Å². The number of Topliss-reactive ketones (excluding diaryl/α,β-unsaturated/α-hetero) is 1. The van der Waals surface area contributed by atoms with Gasteiger partial charge >= 0.3 is 0 Å². The molecule has 3 heteroatoms. The van der Waals surface area contributed by atoms with Gasteiger partial charge in [0.2, 0.25) is 0 Å². The summed E-state index contributed by atoms with van der Waals surface area (Å²) < 4.78 is 0. The van der Waals surface area contributed by atoms with Crippen molar-refractivity contribution in [3.63, 3.8) is 0 Å². The Morgan fingerprint density at radius 1 is 1.10 bits per heavy atom. The number of phenolic OH excluding ortho intramolecular Hbond substituents is 1. The molecule has 4 unspecified atom stereocenters. The number of fused-ring (bicyclic) bond motifs is 5. The Bertz CT molecular complexity index is 644. The zero-order valence-corrected chi connectivity index (χ0v) is 11.5. The van der Waals surface area contributed by atoms with Gasteiger partial charge in [-0.15, -0.1) is 0 Å². The minimum Gasteiger partial charge on any atom is -0.511 e. The maximum absolute atomic E-state index is 12.8. The van der Waals surface area contributed by atoms with Crippen molar-refractivity contribution in [2.24, 2.45) is 23.7 Å². The molecule has 3 nitrogen and oxygen atoms in total. The molecule has 20 heavy (non-hydrogen) atoms. The highest BCUT2D eigenvalue weighted by Gasteiger charge is 2.57. The quantitative estimate of drug-likeness (QED) is 0.823. The van der Waals surface area contributed by atoms with Crippen LogP contribution in [0.15, 0.2) is 24.0 Å². The van der Waals surface area contributed by atoms with Gasteiger partial charge in [-0.2, -0.15) is 0 Å². The average molecular weight is 270 g/mol. The lowest BCUT2D eigenvalue weighted by molar-refractivity contribution is -0.118. The van der Waals surface area contributed by atoms with Crippen LogP contribution in [0, 0.1) is 30.6 Å². The molecule has 4 atom stereocenters. The van der Waals surface area contributed by atoms with E-state index in [-0.39, 0.29) is 29.1 Å². The molecule has 0 heterocycles. The van der Waals surface area contributed by atoms with E-state index in [9.17, 15) is 15.0 Å². The second kappa shape index (κ2) is 3.87. The van der Waals surface area contributed by atoms with E-state index in [0.29, 0.717) is 23.0 Å². The molecule has 0 saturated heterocycles. The fourth-order valence-electron chi connectivity index (χ4n) is 4.67. The number of carbonyl (C=O) groups is 1. The van der Waals surface area contributed by atoms with Crippen molar-refractivity contribution >= 4 is 11.4 Å². The second-order valence-electron chi connectivity index (χ2n) is 6.51. The molecule has 2 bridgehead atoms. The van der Waals surface area contributed by atoms with Crippen LogP contribution in [0.3, 0.4) is 0 Å². The molecule has 3 aliphatic rings. The van der Waals surface area contributed by atoms with Crippen molar-refractivity contribution in [1.82, 2.24) is 0 Å². The zero-order chi connectivity index (χ0) is 14.0. The van der Waals surface area contributed by atoms with Crippen molar-refractivity contribution < 1.29 is 15.0 Å². The van der Waals surface area contributed by atoms with E-state index >= 15 is 0 Å². The molecular formula is C17H18O3. The second-order valence-corrected chi connectivity index (χ2v) is 6.51. The van der Waals surface area contributed by atoms with E-state index in [1.54, 1.807) is 18.2 Å². The van der Waals surface area contributed by atoms with Crippen LogP contribution in [0.25, 0.3) is 5.57 Å². The molecule has 104 valence electrons. The Morgan fingerprint density at radius 3 is 2.50 bits per heavy atom. The molecule has 1 aromatic carbocycles. The fraction of sp³-hybridized carbons (Fsp3) is 0.471. The van der Waals surface area contributed by atoms with Crippen LogP contribution in [0.2, 0.25) is 0 Å². The van der Waals surface area contributed by atoms with E-state index in [2.05, 4.69) is 0 Å². The van der Waals surface area contributed by atoms with Gasteiger partial charge in [-0.3, -0.25) is 4.79 Å². The van der Waals surface area contributed by atoms with Gasteiger partial charge in [-0.25, -0.2) is 0 Å². The maximum atomic E-state index is 12.8. The number of ketones is 1. The molecular weight excluding hydrogens is 252 g/mol. The van der Waals surface area contributed by atoms with Crippen LogP contribution < -0.4 is 0 Å². The van der Waals surface area contributed by atoms with Crippen LogP contribution in [0.5, 0.6) is 5.75 Å². The van der Waals surface area contributed by atoms with Crippen LogP contribution in [-0.4, -0.2) is 16.0 Å². The highest BCUT2D eigenvalue weighted by molar-refractivity contribution is 6.25. The zero-order valence-electron chi connectivity index (χ0n) is 11.5. The van der Waals surface area contributed by atoms with Crippen LogP contribution in [0.1, 0.15) is 30.4 Å². The summed E-state index contributed by atoms with van der Waals surface area (Å²) in [7, 11) is 0. The van der Waals surface area contributed by atoms with Crippen LogP contribution >= 0.6 is 0 Å². The van der Waals surface area contributed by atoms with E-state index < -0.39 is 0 Å². The van der Waals surface area contributed by atoms with Gasteiger partial charge < -0.3 is 10.2 Å². The lowest BCUT2D eigenvalue weighted by Crippen LogP contribution is -2.24. The number of hydrogen-bond acceptors (Lipinski definition) is 3. The summed E-state index contributed by atoms with van der Waals surface area (Å²) >= 11 is 0. The van der Waals surface area contributed by atoms with Gasteiger partial charge in [-0.1, -0.05) is 6.07 Å². The van der Waals surface area contributed by atoms with Crippen LogP contribution in [0.4, 0.5) is 0 Å². The molecule has 3 aliphatic carbocycles. The molecule has 1 aromatic rings. The lowest BCUT2D eigenvalue weighted by atomic mass is 9.80. The SMILES string of the molecule is Cc1ccc(O)cc1C1=C(O)C2C3CCC(C3)C2C1=O. The first-order valence-electron chi connectivity index (χ1n) is 7.35. The highest BCUT2D eigenvalue weighted by Crippen LogP contribution is 2.60. The fourth-order valence-corrected chi connectivity index (χ4v) is 4.67. The smallest absolute Gasteiger partial charge is 0.170 e. The lowest BCUT2D eigenvalue weighted by Gasteiger charge is -2.23. The van der Waals surface area contributed by atoms with Gasteiger partial charge in [-0.05, 0) is 61.3 Å². The summed E-state index contributed by atoms with van der Waals surface area (Å²) in [6.07, 6.45) is 3.35. The molecule has 0 radical (unpaired) electrons. The number of benzene rings is 1. The van der Waals surface area contributed by atoms with Crippen LogP contribution in [-0.2, 0) is 4.79 Å². The van der Waals surface area contributed by atoms with E-state index in [4.69, 9.17) is 0 Å². The number of allylic oxidation sites excluding steroid dienone is 2. The van der Waals surface area contributed by atoms with E-state index in [0.717, 1.165) is 24.8 Å². The Balaban J connectivity index is 1.86. The number of aliphatic hydroxyl groups excluding tert-OH is 1. The van der Waals surface area contributed by atoms with Gasteiger partial charge in [0.1, 0.15) is 11.5 Å². The maximum Gasteiger partial charge on any atom is 0.170 e. The number of rotatable bonds is 1. The number of phenols is 1. The number of hydrogen-bond donors (Lipinski definition) is 2. The Labute approximate surface area is 117 Å². The number of aliphatic hydroxyl groups is 1. The van der Waals surface area contributed by atoms with Crippen molar-refractivity contribution in [3.05, 3.63) is 35.1 Å². The monoisotopic (exact) mass is 270 g/mol. The molecule has 2 N–H and O–H groups in total. The number of aryl methyl sites for hydroxylation is 1. The molecule has 0 aliphatic heterocycles.